The van der Waals surface area contributed by atoms with Gasteiger partial charge in [-0.3, -0.25) is 4.79 Å². The van der Waals surface area contributed by atoms with Crippen LogP contribution in [-0.4, -0.2) is 18.4 Å². The number of methoxy groups -OCH3 is 1. The number of rotatable bonds is 3. The molecule has 0 aliphatic heterocycles. The van der Waals surface area contributed by atoms with Crippen molar-refractivity contribution in [1.29, 1.82) is 0 Å². The van der Waals surface area contributed by atoms with Gasteiger partial charge in [-0.25, -0.2) is 4.98 Å². The SMILES string of the molecule is COc1ccc(-c2nccs2)c(C=O)c1. The summed E-state index contributed by atoms with van der Waals surface area (Å²) in [6.07, 6.45) is 2.54. The van der Waals surface area contributed by atoms with E-state index in [1.54, 1.807) is 19.4 Å². The summed E-state index contributed by atoms with van der Waals surface area (Å²) >= 11 is 1.51. The molecule has 3 nitrogen and oxygen atoms in total. The Morgan fingerprint density at radius 2 is 2.33 bits per heavy atom. The fourth-order valence-electron chi connectivity index (χ4n) is 1.32. The second-order valence-corrected chi connectivity index (χ2v) is 3.80. The van der Waals surface area contributed by atoms with E-state index in [4.69, 9.17) is 4.74 Å². The van der Waals surface area contributed by atoms with Gasteiger partial charge in [0, 0.05) is 22.7 Å². The number of hydrogen-bond acceptors (Lipinski definition) is 4. The summed E-state index contributed by atoms with van der Waals surface area (Å²) in [5, 5.41) is 2.73. The Morgan fingerprint density at radius 3 is 2.93 bits per heavy atom. The van der Waals surface area contributed by atoms with Crippen molar-refractivity contribution in [1.82, 2.24) is 4.98 Å². The predicted molar refractivity (Wildman–Crippen MR) is 59.5 cm³/mol. The number of aromatic nitrogens is 1. The van der Waals surface area contributed by atoms with Crippen molar-refractivity contribution in [2.75, 3.05) is 7.11 Å². The molecule has 0 amide bonds. The Kier molecular flexibility index (Phi) is 2.78. The van der Waals surface area contributed by atoms with Crippen LogP contribution in [0.5, 0.6) is 5.75 Å². The molecule has 0 aliphatic rings. The molecule has 0 saturated heterocycles. The average Bonchev–Trinajstić information content (AvgIpc) is 2.81. The van der Waals surface area contributed by atoms with E-state index in [2.05, 4.69) is 4.98 Å². The van der Waals surface area contributed by atoms with Crippen LogP contribution in [0, 0.1) is 0 Å². The lowest BCUT2D eigenvalue weighted by Crippen LogP contribution is -1.89. The molecule has 0 fully saturated rings. The van der Waals surface area contributed by atoms with Crippen LogP contribution < -0.4 is 4.74 Å². The summed E-state index contributed by atoms with van der Waals surface area (Å²) in [7, 11) is 1.58. The zero-order chi connectivity index (χ0) is 10.7. The van der Waals surface area contributed by atoms with Gasteiger partial charge in [0.05, 0.1) is 7.11 Å². The second kappa shape index (κ2) is 4.23. The van der Waals surface area contributed by atoms with Gasteiger partial charge in [-0.1, -0.05) is 0 Å². The van der Waals surface area contributed by atoms with Crippen LogP contribution in [0.1, 0.15) is 10.4 Å². The maximum atomic E-state index is 10.9. The van der Waals surface area contributed by atoms with E-state index < -0.39 is 0 Å². The highest BCUT2D eigenvalue weighted by atomic mass is 32.1. The van der Waals surface area contributed by atoms with Gasteiger partial charge >= 0.3 is 0 Å². The first-order chi connectivity index (χ1) is 7.35. The maximum absolute atomic E-state index is 10.9. The smallest absolute Gasteiger partial charge is 0.150 e. The number of nitrogens with zero attached hydrogens (tertiary/aromatic N) is 1. The van der Waals surface area contributed by atoms with Crippen LogP contribution >= 0.6 is 11.3 Å². The van der Waals surface area contributed by atoms with Gasteiger partial charge in [-0.15, -0.1) is 11.3 Å². The molecule has 1 aromatic heterocycles. The van der Waals surface area contributed by atoms with Gasteiger partial charge in [-0.05, 0) is 18.2 Å². The Labute approximate surface area is 91.4 Å². The third kappa shape index (κ3) is 1.89. The second-order valence-electron chi connectivity index (χ2n) is 2.91. The number of carbonyl (C=O) groups is 1. The van der Waals surface area contributed by atoms with E-state index in [1.807, 2.05) is 17.5 Å². The minimum absolute atomic E-state index is 0.601. The van der Waals surface area contributed by atoms with E-state index in [0.717, 1.165) is 16.9 Å². The molecule has 0 bridgehead atoms. The monoisotopic (exact) mass is 219 g/mol. The van der Waals surface area contributed by atoms with Gasteiger partial charge in [0.1, 0.15) is 10.8 Å². The molecule has 76 valence electrons. The minimum atomic E-state index is 0.601. The number of hydrogen-bond donors (Lipinski definition) is 0. The molecule has 2 aromatic rings. The molecule has 0 unspecified atom stereocenters. The Balaban J connectivity index is 2.52. The van der Waals surface area contributed by atoms with Crippen molar-refractivity contribution in [3.63, 3.8) is 0 Å². The summed E-state index contributed by atoms with van der Waals surface area (Å²) in [6, 6.07) is 5.38. The molecular weight excluding hydrogens is 210 g/mol. The third-order valence-corrected chi connectivity index (χ3v) is 2.85. The summed E-state index contributed by atoms with van der Waals surface area (Å²) < 4.78 is 5.05. The van der Waals surface area contributed by atoms with Crippen LogP contribution in [0.15, 0.2) is 29.8 Å². The summed E-state index contributed by atoms with van der Waals surface area (Å²) in [4.78, 5) is 15.1. The number of benzene rings is 1. The van der Waals surface area contributed by atoms with Gasteiger partial charge in [0.2, 0.25) is 0 Å². The van der Waals surface area contributed by atoms with E-state index >= 15 is 0 Å². The molecule has 4 heteroatoms. The summed E-state index contributed by atoms with van der Waals surface area (Å²) in [5.41, 5.74) is 1.45. The number of aldehydes is 1. The van der Waals surface area contributed by atoms with Crippen LogP contribution in [0.3, 0.4) is 0 Å². The molecule has 1 heterocycles. The molecule has 0 saturated carbocycles. The van der Waals surface area contributed by atoms with Crippen LogP contribution in [0.25, 0.3) is 10.6 Å². The van der Waals surface area contributed by atoms with Crippen molar-refractivity contribution in [3.05, 3.63) is 35.3 Å². The predicted octanol–water partition coefficient (Wildman–Crippen LogP) is 2.63. The Morgan fingerprint density at radius 1 is 1.47 bits per heavy atom. The highest BCUT2D eigenvalue weighted by Gasteiger charge is 2.07. The van der Waals surface area contributed by atoms with Crippen molar-refractivity contribution < 1.29 is 9.53 Å². The van der Waals surface area contributed by atoms with Crippen molar-refractivity contribution in [3.8, 4) is 16.3 Å². The molecule has 1 aromatic carbocycles. The fourth-order valence-corrected chi connectivity index (χ4v) is 2.00. The zero-order valence-corrected chi connectivity index (χ0v) is 8.95. The lowest BCUT2D eigenvalue weighted by atomic mass is 10.1. The van der Waals surface area contributed by atoms with E-state index in [9.17, 15) is 4.79 Å². The van der Waals surface area contributed by atoms with E-state index in [-0.39, 0.29) is 0 Å². The first kappa shape index (κ1) is 9.86. The van der Waals surface area contributed by atoms with Gasteiger partial charge < -0.3 is 4.74 Å². The molecule has 0 spiro atoms. The van der Waals surface area contributed by atoms with Gasteiger partial charge in [-0.2, -0.15) is 0 Å². The standard InChI is InChI=1S/C11H9NO2S/c1-14-9-2-3-10(8(6-9)7-13)11-12-4-5-15-11/h2-7H,1H3. The quantitative estimate of drug-likeness (QED) is 0.745. The zero-order valence-electron chi connectivity index (χ0n) is 8.14. The normalized spacial score (nSPS) is 9.93. The number of thiazole rings is 1. The van der Waals surface area contributed by atoms with Gasteiger partial charge in [0.25, 0.3) is 0 Å². The van der Waals surface area contributed by atoms with E-state index in [1.165, 1.54) is 11.3 Å². The van der Waals surface area contributed by atoms with E-state index in [0.29, 0.717) is 11.3 Å². The van der Waals surface area contributed by atoms with Crippen LogP contribution in [0.2, 0.25) is 0 Å². The Bertz CT molecular complexity index is 465. The van der Waals surface area contributed by atoms with Crippen molar-refractivity contribution in [2.24, 2.45) is 0 Å². The molecule has 15 heavy (non-hydrogen) atoms. The maximum Gasteiger partial charge on any atom is 0.150 e. The highest BCUT2D eigenvalue weighted by molar-refractivity contribution is 7.13. The number of carbonyl (C=O) groups excluding carboxylic acids is 1. The molecular formula is C11H9NO2S. The largest absolute Gasteiger partial charge is 0.497 e. The molecule has 2 rings (SSSR count). The highest BCUT2D eigenvalue weighted by Crippen LogP contribution is 2.27. The lowest BCUT2D eigenvalue weighted by Gasteiger charge is -2.04. The van der Waals surface area contributed by atoms with Crippen LogP contribution in [0.4, 0.5) is 0 Å². The molecule has 0 atom stereocenters. The molecule has 0 N–H and O–H groups in total. The molecule has 0 radical (unpaired) electrons. The Hall–Kier alpha value is -1.68. The summed E-state index contributed by atoms with van der Waals surface area (Å²) in [6.45, 7) is 0. The minimum Gasteiger partial charge on any atom is -0.497 e. The average molecular weight is 219 g/mol. The third-order valence-electron chi connectivity index (χ3n) is 2.05. The first-order valence-electron chi connectivity index (χ1n) is 4.38. The van der Waals surface area contributed by atoms with Gasteiger partial charge in [0.15, 0.2) is 6.29 Å². The lowest BCUT2D eigenvalue weighted by molar-refractivity contribution is 0.112. The van der Waals surface area contributed by atoms with Crippen molar-refractivity contribution >= 4 is 17.6 Å². The first-order valence-corrected chi connectivity index (χ1v) is 5.26. The summed E-state index contributed by atoms with van der Waals surface area (Å²) in [5.74, 6) is 0.678. The van der Waals surface area contributed by atoms with Crippen molar-refractivity contribution in [2.45, 2.75) is 0 Å². The topological polar surface area (TPSA) is 39.2 Å². The fraction of sp³-hybridized carbons (Fsp3) is 0.0909. The number of ether oxygens (including phenoxy) is 1. The van der Waals surface area contributed by atoms with Crippen LogP contribution in [-0.2, 0) is 0 Å². The molecule has 0 aliphatic carbocycles.